The predicted octanol–water partition coefficient (Wildman–Crippen LogP) is 1.26. The molecule has 1 N–H and O–H groups in total. The van der Waals surface area contributed by atoms with Crippen LogP contribution in [-0.4, -0.2) is 30.9 Å². The van der Waals surface area contributed by atoms with Crippen LogP contribution in [0.4, 0.5) is 0 Å². The largest absolute Gasteiger partial charge is 0.481 e. The van der Waals surface area contributed by atoms with Crippen molar-refractivity contribution in [3.63, 3.8) is 0 Å². The van der Waals surface area contributed by atoms with Crippen molar-refractivity contribution >= 4 is 11.6 Å². The van der Waals surface area contributed by atoms with Gasteiger partial charge in [-0.15, -0.1) is 10.2 Å². The van der Waals surface area contributed by atoms with Crippen molar-refractivity contribution in [2.45, 2.75) is 32.6 Å². The highest BCUT2D eigenvalue weighted by Crippen LogP contribution is 2.12. The predicted molar refractivity (Wildman–Crippen MR) is 60.8 cm³/mol. The van der Waals surface area contributed by atoms with E-state index in [1.54, 1.807) is 4.52 Å². The van der Waals surface area contributed by atoms with Crippen molar-refractivity contribution < 1.29 is 9.90 Å². The standard InChI is InChI=1S/C11H14N4O2/c1-7(2)8-3-4-9-12-13-10(15(9)14-8)5-6-11(16)17/h3-4,7H,5-6H2,1-2H3,(H,16,17). The molecule has 0 saturated carbocycles. The van der Waals surface area contributed by atoms with E-state index in [9.17, 15) is 4.79 Å². The van der Waals surface area contributed by atoms with E-state index in [1.165, 1.54) is 0 Å². The van der Waals surface area contributed by atoms with Crippen LogP contribution in [0.1, 0.15) is 37.7 Å². The van der Waals surface area contributed by atoms with E-state index in [0.717, 1.165) is 5.69 Å². The average Bonchev–Trinajstić information content (AvgIpc) is 2.68. The Morgan fingerprint density at radius 3 is 2.82 bits per heavy atom. The first-order chi connectivity index (χ1) is 8.08. The van der Waals surface area contributed by atoms with Crippen LogP contribution in [-0.2, 0) is 11.2 Å². The maximum atomic E-state index is 10.5. The normalized spacial score (nSPS) is 11.2. The van der Waals surface area contributed by atoms with E-state index in [-0.39, 0.29) is 6.42 Å². The van der Waals surface area contributed by atoms with Crippen molar-refractivity contribution in [1.82, 2.24) is 19.8 Å². The fraction of sp³-hybridized carbons (Fsp3) is 0.455. The molecule has 0 aromatic carbocycles. The first-order valence-corrected chi connectivity index (χ1v) is 5.51. The molecule has 6 heteroatoms. The van der Waals surface area contributed by atoms with Crippen molar-refractivity contribution in [2.75, 3.05) is 0 Å². The Morgan fingerprint density at radius 2 is 2.18 bits per heavy atom. The number of carboxylic acids is 1. The number of fused-ring (bicyclic) bond motifs is 1. The van der Waals surface area contributed by atoms with Crippen LogP contribution >= 0.6 is 0 Å². The molecular formula is C11H14N4O2. The number of hydrogen-bond donors (Lipinski definition) is 1. The molecule has 0 fully saturated rings. The highest BCUT2D eigenvalue weighted by atomic mass is 16.4. The van der Waals surface area contributed by atoms with Gasteiger partial charge in [0.15, 0.2) is 11.5 Å². The molecule has 0 aliphatic carbocycles. The number of carbonyl (C=O) groups is 1. The van der Waals surface area contributed by atoms with Crippen molar-refractivity contribution in [3.05, 3.63) is 23.7 Å². The Hall–Kier alpha value is -1.98. The maximum Gasteiger partial charge on any atom is 0.303 e. The minimum absolute atomic E-state index is 0.0361. The van der Waals surface area contributed by atoms with Crippen molar-refractivity contribution in [3.8, 4) is 0 Å². The lowest BCUT2D eigenvalue weighted by molar-refractivity contribution is -0.137. The number of hydrogen-bond acceptors (Lipinski definition) is 4. The minimum Gasteiger partial charge on any atom is -0.481 e. The molecule has 90 valence electrons. The van der Waals surface area contributed by atoms with Crippen LogP contribution in [0.5, 0.6) is 0 Å². The first kappa shape index (κ1) is 11.5. The van der Waals surface area contributed by atoms with E-state index in [0.29, 0.717) is 23.8 Å². The summed E-state index contributed by atoms with van der Waals surface area (Å²) in [5, 5.41) is 21.0. The monoisotopic (exact) mass is 234 g/mol. The molecule has 0 radical (unpaired) electrons. The SMILES string of the molecule is CC(C)c1ccc2nnc(CCC(=O)O)n2n1. The average molecular weight is 234 g/mol. The summed E-state index contributed by atoms with van der Waals surface area (Å²) in [6.07, 6.45) is 0.374. The van der Waals surface area contributed by atoms with Gasteiger partial charge < -0.3 is 5.11 Å². The highest BCUT2D eigenvalue weighted by molar-refractivity contribution is 5.66. The second-order valence-corrected chi connectivity index (χ2v) is 4.19. The molecule has 0 saturated heterocycles. The van der Waals surface area contributed by atoms with Gasteiger partial charge >= 0.3 is 5.97 Å². The Balaban J connectivity index is 2.36. The lowest BCUT2D eigenvalue weighted by Crippen LogP contribution is -2.05. The molecule has 0 aliphatic heterocycles. The van der Waals surface area contributed by atoms with Crippen LogP contribution in [0.15, 0.2) is 12.1 Å². The minimum atomic E-state index is -0.846. The number of aryl methyl sites for hydroxylation is 1. The number of carboxylic acid groups (broad SMARTS) is 1. The van der Waals surface area contributed by atoms with Gasteiger partial charge in [-0.2, -0.15) is 9.61 Å². The Morgan fingerprint density at radius 1 is 1.41 bits per heavy atom. The van der Waals surface area contributed by atoms with Gasteiger partial charge in [0, 0.05) is 6.42 Å². The zero-order chi connectivity index (χ0) is 12.4. The third-order valence-electron chi connectivity index (χ3n) is 2.50. The molecule has 0 spiro atoms. The van der Waals surface area contributed by atoms with Gasteiger partial charge in [0.25, 0.3) is 0 Å². The van der Waals surface area contributed by atoms with Crippen LogP contribution in [0, 0.1) is 0 Å². The van der Waals surface area contributed by atoms with E-state index in [4.69, 9.17) is 5.11 Å². The van der Waals surface area contributed by atoms with Gasteiger partial charge in [-0.3, -0.25) is 4.79 Å². The molecule has 2 aromatic rings. The third kappa shape index (κ3) is 2.41. The number of aromatic nitrogens is 4. The lowest BCUT2D eigenvalue weighted by atomic mass is 10.1. The van der Waals surface area contributed by atoms with E-state index >= 15 is 0 Å². The molecule has 2 heterocycles. The quantitative estimate of drug-likeness (QED) is 0.861. The number of aliphatic carboxylic acids is 1. The van der Waals surface area contributed by atoms with Crippen molar-refractivity contribution in [2.24, 2.45) is 0 Å². The fourth-order valence-electron chi connectivity index (χ4n) is 1.53. The van der Waals surface area contributed by atoms with Crippen LogP contribution in [0.25, 0.3) is 5.65 Å². The Kier molecular flexibility index (Phi) is 3.03. The Labute approximate surface area is 98.3 Å². The summed E-state index contributed by atoms with van der Waals surface area (Å²) in [5.74, 6) is 0.0563. The van der Waals surface area contributed by atoms with Gasteiger partial charge in [-0.05, 0) is 18.1 Å². The zero-order valence-corrected chi connectivity index (χ0v) is 9.79. The summed E-state index contributed by atoms with van der Waals surface area (Å²) < 4.78 is 1.62. The summed E-state index contributed by atoms with van der Waals surface area (Å²) in [4.78, 5) is 10.5. The fourth-order valence-corrected chi connectivity index (χ4v) is 1.53. The van der Waals surface area contributed by atoms with Gasteiger partial charge in [0.1, 0.15) is 0 Å². The zero-order valence-electron chi connectivity index (χ0n) is 9.79. The van der Waals surface area contributed by atoms with Gasteiger partial charge in [0.2, 0.25) is 0 Å². The molecule has 2 aromatic heterocycles. The lowest BCUT2D eigenvalue weighted by Gasteiger charge is -2.04. The molecule has 0 atom stereocenters. The summed E-state index contributed by atoms with van der Waals surface area (Å²) in [7, 11) is 0. The van der Waals surface area contributed by atoms with Gasteiger partial charge in [-0.25, -0.2) is 0 Å². The second kappa shape index (κ2) is 4.48. The maximum absolute atomic E-state index is 10.5. The third-order valence-corrected chi connectivity index (χ3v) is 2.50. The van der Waals surface area contributed by atoms with Crippen molar-refractivity contribution in [1.29, 1.82) is 0 Å². The molecular weight excluding hydrogens is 220 g/mol. The van der Waals surface area contributed by atoms with E-state index < -0.39 is 5.97 Å². The van der Waals surface area contributed by atoms with Crippen LogP contribution in [0.2, 0.25) is 0 Å². The topological polar surface area (TPSA) is 80.4 Å². The van der Waals surface area contributed by atoms with E-state index in [2.05, 4.69) is 29.1 Å². The number of rotatable bonds is 4. The molecule has 0 amide bonds. The van der Waals surface area contributed by atoms with Gasteiger partial charge in [-0.1, -0.05) is 13.8 Å². The van der Waals surface area contributed by atoms with Gasteiger partial charge in [0.05, 0.1) is 12.1 Å². The molecule has 17 heavy (non-hydrogen) atoms. The van der Waals surface area contributed by atoms with Crippen LogP contribution < -0.4 is 0 Å². The summed E-state index contributed by atoms with van der Waals surface area (Å²) >= 11 is 0. The summed E-state index contributed by atoms with van der Waals surface area (Å²) in [6, 6.07) is 3.76. The van der Waals surface area contributed by atoms with Crippen LogP contribution in [0.3, 0.4) is 0 Å². The first-order valence-electron chi connectivity index (χ1n) is 5.51. The molecule has 0 bridgehead atoms. The molecule has 0 unspecified atom stereocenters. The highest BCUT2D eigenvalue weighted by Gasteiger charge is 2.10. The summed E-state index contributed by atoms with van der Waals surface area (Å²) in [5.41, 5.74) is 1.59. The summed E-state index contributed by atoms with van der Waals surface area (Å²) in [6.45, 7) is 4.10. The Bertz CT molecular complexity index is 547. The molecule has 0 aliphatic rings. The second-order valence-electron chi connectivity index (χ2n) is 4.19. The van der Waals surface area contributed by atoms with E-state index in [1.807, 2.05) is 12.1 Å². The molecule has 6 nitrogen and oxygen atoms in total. The molecule has 2 rings (SSSR count). The number of nitrogens with zero attached hydrogens (tertiary/aromatic N) is 4. The smallest absolute Gasteiger partial charge is 0.303 e.